The van der Waals surface area contributed by atoms with E-state index < -0.39 is 0 Å². The summed E-state index contributed by atoms with van der Waals surface area (Å²) in [5.74, 6) is 1.90. The molecular weight excluding hydrogens is 338 g/mol. The van der Waals surface area contributed by atoms with E-state index in [0.717, 1.165) is 47.1 Å². The molecule has 0 fully saturated rings. The van der Waals surface area contributed by atoms with Crippen LogP contribution in [-0.2, 0) is 6.54 Å². The molecule has 2 heterocycles. The van der Waals surface area contributed by atoms with Crippen LogP contribution in [-0.4, -0.2) is 25.9 Å². The van der Waals surface area contributed by atoms with Crippen LogP contribution >= 0.6 is 0 Å². The van der Waals surface area contributed by atoms with E-state index in [1.54, 1.807) is 0 Å². The number of nitrogens with one attached hydrogen (secondary N) is 2. The highest BCUT2D eigenvalue weighted by atomic mass is 15.4. The predicted molar refractivity (Wildman–Crippen MR) is 111 cm³/mol. The zero-order valence-corrected chi connectivity index (χ0v) is 16.5. The SMILES string of the molecule is CCC(CC)Nc1cc(NCc2ccccc2N)c2nnc(C(C)C)n2n1. The maximum Gasteiger partial charge on any atom is 0.201 e. The number of nitrogens with zero attached hydrogens (tertiary/aromatic N) is 4. The molecular formula is C20H29N7. The van der Waals surface area contributed by atoms with Gasteiger partial charge in [-0.25, -0.2) is 0 Å². The number of aromatic nitrogens is 4. The fraction of sp³-hybridized carbons (Fsp3) is 0.450. The average Bonchev–Trinajstić information content (AvgIpc) is 3.09. The second-order valence-corrected chi connectivity index (χ2v) is 7.10. The molecule has 0 saturated carbocycles. The van der Waals surface area contributed by atoms with E-state index in [0.29, 0.717) is 12.6 Å². The summed E-state index contributed by atoms with van der Waals surface area (Å²) in [5.41, 5.74) is 9.51. The van der Waals surface area contributed by atoms with Gasteiger partial charge in [0.05, 0.1) is 5.69 Å². The molecule has 0 unspecified atom stereocenters. The molecule has 3 aromatic rings. The number of anilines is 3. The molecule has 7 nitrogen and oxygen atoms in total. The van der Waals surface area contributed by atoms with Crippen LogP contribution < -0.4 is 16.4 Å². The third-order valence-corrected chi connectivity index (χ3v) is 4.77. The summed E-state index contributed by atoms with van der Waals surface area (Å²) in [7, 11) is 0. The van der Waals surface area contributed by atoms with Crippen LogP contribution in [0.3, 0.4) is 0 Å². The summed E-state index contributed by atoms with van der Waals surface area (Å²) >= 11 is 0. The number of nitrogens with two attached hydrogens (primary N) is 1. The Bertz CT molecular complexity index is 896. The molecule has 0 bridgehead atoms. The molecule has 0 spiro atoms. The normalized spacial score (nSPS) is 11.5. The molecule has 3 rings (SSSR count). The van der Waals surface area contributed by atoms with Crippen molar-refractivity contribution in [2.24, 2.45) is 0 Å². The first-order chi connectivity index (χ1) is 13.0. The molecule has 0 aliphatic heterocycles. The summed E-state index contributed by atoms with van der Waals surface area (Å²) in [6.07, 6.45) is 2.08. The number of benzene rings is 1. The Morgan fingerprint density at radius 1 is 1.11 bits per heavy atom. The Hall–Kier alpha value is -2.83. The number of fused-ring (bicyclic) bond motifs is 1. The van der Waals surface area contributed by atoms with Crippen molar-refractivity contribution in [2.45, 2.75) is 59.0 Å². The standard InChI is InChI=1S/C20H29N7/c1-5-15(6-2)23-18-11-17(22-12-14-9-7-8-10-16(14)21)20-25-24-19(13(3)4)27(20)26-18/h7-11,13,15,22H,5-6,12,21H2,1-4H3,(H,23,26). The maximum absolute atomic E-state index is 6.08. The van der Waals surface area contributed by atoms with Crippen molar-refractivity contribution >= 4 is 22.8 Å². The van der Waals surface area contributed by atoms with Crippen LogP contribution in [0, 0.1) is 0 Å². The van der Waals surface area contributed by atoms with Gasteiger partial charge >= 0.3 is 0 Å². The van der Waals surface area contributed by atoms with Crippen LogP contribution in [0.2, 0.25) is 0 Å². The van der Waals surface area contributed by atoms with Crippen LogP contribution in [0.1, 0.15) is 57.8 Å². The van der Waals surface area contributed by atoms with Crippen LogP contribution in [0.4, 0.5) is 17.2 Å². The van der Waals surface area contributed by atoms with Gasteiger partial charge in [-0.2, -0.15) is 4.52 Å². The Balaban J connectivity index is 1.97. The molecule has 0 aliphatic carbocycles. The van der Waals surface area contributed by atoms with E-state index in [1.807, 2.05) is 34.8 Å². The topological polar surface area (TPSA) is 93.2 Å². The first-order valence-corrected chi connectivity index (χ1v) is 9.63. The Labute approximate surface area is 160 Å². The summed E-state index contributed by atoms with van der Waals surface area (Å²) in [6, 6.07) is 10.2. The molecule has 0 aliphatic rings. The number of nitrogen functional groups attached to an aromatic ring is 1. The van der Waals surface area contributed by atoms with Crippen LogP contribution in [0.5, 0.6) is 0 Å². The second-order valence-electron chi connectivity index (χ2n) is 7.10. The third-order valence-electron chi connectivity index (χ3n) is 4.77. The van der Waals surface area contributed by atoms with Gasteiger partial charge in [-0.15, -0.1) is 15.3 Å². The Kier molecular flexibility index (Phi) is 5.78. The van der Waals surface area contributed by atoms with Gasteiger partial charge in [-0.3, -0.25) is 0 Å². The van der Waals surface area contributed by atoms with Crippen molar-refractivity contribution < 1.29 is 0 Å². The number of hydrogen-bond donors (Lipinski definition) is 3. The summed E-state index contributed by atoms with van der Waals surface area (Å²) in [4.78, 5) is 0. The molecule has 0 radical (unpaired) electrons. The van der Waals surface area contributed by atoms with Gasteiger partial charge in [0.15, 0.2) is 5.82 Å². The highest BCUT2D eigenvalue weighted by molar-refractivity contribution is 5.70. The van der Waals surface area contributed by atoms with E-state index in [2.05, 4.69) is 48.5 Å². The lowest BCUT2D eigenvalue weighted by atomic mass is 10.1. The van der Waals surface area contributed by atoms with Gasteiger partial charge in [0, 0.05) is 30.3 Å². The summed E-state index contributed by atoms with van der Waals surface area (Å²) in [6.45, 7) is 9.15. The van der Waals surface area contributed by atoms with Crippen molar-refractivity contribution in [3.63, 3.8) is 0 Å². The highest BCUT2D eigenvalue weighted by Crippen LogP contribution is 2.24. The minimum atomic E-state index is 0.230. The summed E-state index contributed by atoms with van der Waals surface area (Å²) < 4.78 is 1.84. The Morgan fingerprint density at radius 3 is 2.52 bits per heavy atom. The van der Waals surface area contributed by atoms with E-state index in [4.69, 9.17) is 10.8 Å². The number of rotatable bonds is 8. The zero-order chi connectivity index (χ0) is 19.4. The first-order valence-electron chi connectivity index (χ1n) is 9.63. The maximum atomic E-state index is 6.08. The second kappa shape index (κ2) is 8.24. The van der Waals surface area contributed by atoms with Crippen LogP contribution in [0.25, 0.3) is 5.65 Å². The van der Waals surface area contributed by atoms with Crippen molar-refractivity contribution in [1.29, 1.82) is 0 Å². The van der Waals surface area contributed by atoms with Crippen LogP contribution in [0.15, 0.2) is 30.3 Å². The minimum Gasteiger partial charge on any atom is -0.398 e. The van der Waals surface area contributed by atoms with Gasteiger partial charge < -0.3 is 16.4 Å². The zero-order valence-electron chi connectivity index (χ0n) is 16.5. The van der Waals surface area contributed by atoms with Gasteiger partial charge in [-0.05, 0) is 24.5 Å². The van der Waals surface area contributed by atoms with Gasteiger partial charge in [-0.1, -0.05) is 45.9 Å². The van der Waals surface area contributed by atoms with E-state index in [-0.39, 0.29) is 5.92 Å². The molecule has 144 valence electrons. The lowest BCUT2D eigenvalue weighted by Crippen LogP contribution is -2.19. The molecule has 7 heteroatoms. The largest absolute Gasteiger partial charge is 0.398 e. The van der Waals surface area contributed by atoms with Crippen molar-refractivity contribution in [3.05, 3.63) is 41.7 Å². The molecule has 0 saturated heterocycles. The minimum absolute atomic E-state index is 0.230. The summed E-state index contributed by atoms with van der Waals surface area (Å²) in [5, 5.41) is 20.4. The van der Waals surface area contributed by atoms with Gasteiger partial charge in [0.1, 0.15) is 5.82 Å². The molecule has 0 atom stereocenters. The van der Waals surface area contributed by atoms with E-state index in [9.17, 15) is 0 Å². The molecule has 1 aromatic carbocycles. The molecule has 0 amide bonds. The molecule has 27 heavy (non-hydrogen) atoms. The average molecular weight is 368 g/mol. The van der Waals surface area contributed by atoms with Crippen molar-refractivity contribution in [3.8, 4) is 0 Å². The number of para-hydroxylation sites is 1. The van der Waals surface area contributed by atoms with E-state index in [1.165, 1.54) is 0 Å². The van der Waals surface area contributed by atoms with Gasteiger partial charge in [0.25, 0.3) is 0 Å². The van der Waals surface area contributed by atoms with E-state index >= 15 is 0 Å². The number of hydrogen-bond acceptors (Lipinski definition) is 6. The lowest BCUT2D eigenvalue weighted by Gasteiger charge is -2.17. The molecule has 2 aromatic heterocycles. The quantitative estimate of drug-likeness (QED) is 0.520. The smallest absolute Gasteiger partial charge is 0.201 e. The van der Waals surface area contributed by atoms with Crippen molar-refractivity contribution in [1.82, 2.24) is 19.8 Å². The first kappa shape index (κ1) is 18.9. The fourth-order valence-corrected chi connectivity index (χ4v) is 3.04. The van der Waals surface area contributed by atoms with Crippen molar-refractivity contribution in [2.75, 3.05) is 16.4 Å². The fourth-order valence-electron chi connectivity index (χ4n) is 3.04. The monoisotopic (exact) mass is 367 g/mol. The van der Waals surface area contributed by atoms with Gasteiger partial charge in [0.2, 0.25) is 5.65 Å². The Morgan fingerprint density at radius 2 is 1.85 bits per heavy atom. The highest BCUT2D eigenvalue weighted by Gasteiger charge is 2.16. The lowest BCUT2D eigenvalue weighted by molar-refractivity contribution is 0.661. The third kappa shape index (κ3) is 4.13. The predicted octanol–water partition coefficient (Wildman–Crippen LogP) is 4.04. The molecule has 4 N–H and O–H groups in total.